The molecule has 2 heterocycles. The number of amides is 1. The zero-order valence-electron chi connectivity index (χ0n) is 17.8. The summed E-state index contributed by atoms with van der Waals surface area (Å²) in [6.45, 7) is 1.99. The fourth-order valence-electron chi connectivity index (χ4n) is 3.51. The fourth-order valence-corrected chi connectivity index (χ4v) is 4.72. The molecule has 164 valence electrons. The van der Waals surface area contributed by atoms with Gasteiger partial charge in [-0.2, -0.15) is 0 Å². The van der Waals surface area contributed by atoms with Gasteiger partial charge in [-0.25, -0.2) is 4.98 Å². The number of halogens is 1. The van der Waals surface area contributed by atoms with E-state index >= 15 is 0 Å². The molecule has 1 atom stereocenters. The molecule has 4 aromatic rings. The molecule has 0 fully saturated rings. The Morgan fingerprint density at radius 2 is 2.06 bits per heavy atom. The van der Waals surface area contributed by atoms with Gasteiger partial charge in [0.25, 0.3) is 0 Å². The summed E-state index contributed by atoms with van der Waals surface area (Å²) in [5, 5.41) is 4.48. The number of ether oxygens (including phenoxy) is 1. The largest absolute Gasteiger partial charge is 0.497 e. The van der Waals surface area contributed by atoms with Crippen LogP contribution in [0.25, 0.3) is 11.0 Å². The zero-order chi connectivity index (χ0) is 22.5. The van der Waals surface area contributed by atoms with E-state index in [1.54, 1.807) is 37.3 Å². The van der Waals surface area contributed by atoms with Crippen molar-refractivity contribution in [3.63, 3.8) is 0 Å². The normalized spacial score (nSPS) is 12.0. The molecule has 6 nitrogen and oxygen atoms in total. The maximum absolute atomic E-state index is 13.3. The lowest BCUT2D eigenvalue weighted by Crippen LogP contribution is -2.26. The van der Waals surface area contributed by atoms with Crippen LogP contribution in [0.4, 0.5) is 5.69 Å². The minimum absolute atomic E-state index is 0.117. The van der Waals surface area contributed by atoms with Crippen LogP contribution < -0.4 is 10.1 Å². The van der Waals surface area contributed by atoms with Gasteiger partial charge < -0.3 is 14.6 Å². The van der Waals surface area contributed by atoms with E-state index in [1.165, 1.54) is 0 Å². The van der Waals surface area contributed by atoms with Gasteiger partial charge in [-0.1, -0.05) is 48.5 Å². The van der Waals surface area contributed by atoms with Crippen LogP contribution in [-0.2, 0) is 10.5 Å². The summed E-state index contributed by atoms with van der Waals surface area (Å²) in [5.74, 6) is 1.25. The van der Waals surface area contributed by atoms with E-state index in [9.17, 15) is 4.79 Å². The number of imidazole rings is 1. The first-order valence-corrected chi connectivity index (χ1v) is 11.6. The van der Waals surface area contributed by atoms with Gasteiger partial charge >= 0.3 is 0 Å². The van der Waals surface area contributed by atoms with Crippen molar-refractivity contribution in [1.82, 2.24) is 14.5 Å². The average Bonchev–Trinajstić information content (AvgIpc) is 3.17. The van der Waals surface area contributed by atoms with Crippen LogP contribution in [0.1, 0.15) is 24.9 Å². The van der Waals surface area contributed by atoms with Gasteiger partial charge in [0.15, 0.2) is 5.16 Å². The number of methoxy groups -OCH3 is 1. The molecule has 0 aliphatic heterocycles. The third-order valence-electron chi connectivity index (χ3n) is 5.05. The number of anilines is 1. The number of hydrogen-bond acceptors (Lipinski definition) is 5. The highest BCUT2D eigenvalue weighted by Gasteiger charge is 2.25. The lowest BCUT2D eigenvalue weighted by molar-refractivity contribution is -0.119. The Kier molecular flexibility index (Phi) is 6.97. The number of thioether (sulfide) groups is 1. The Morgan fingerprint density at radius 1 is 1.22 bits per heavy atom. The second kappa shape index (κ2) is 10.1. The number of fused-ring (bicyclic) bond motifs is 1. The van der Waals surface area contributed by atoms with Gasteiger partial charge in [-0.15, -0.1) is 0 Å². The van der Waals surface area contributed by atoms with Crippen LogP contribution in [0.3, 0.4) is 0 Å². The van der Waals surface area contributed by atoms with Gasteiger partial charge in [0.1, 0.15) is 11.8 Å². The van der Waals surface area contributed by atoms with Crippen LogP contribution in [0.15, 0.2) is 72.1 Å². The maximum atomic E-state index is 13.3. The molecule has 2 aromatic heterocycles. The highest BCUT2D eigenvalue weighted by atomic mass is 35.5. The Balaban J connectivity index is 1.65. The molecule has 0 saturated carbocycles. The number of rotatable bonds is 8. The summed E-state index contributed by atoms with van der Waals surface area (Å²) in [6.07, 6.45) is 4.07. The molecule has 0 aliphatic rings. The molecule has 4 rings (SSSR count). The molecule has 0 unspecified atom stereocenters. The third-order valence-corrected chi connectivity index (χ3v) is 6.31. The van der Waals surface area contributed by atoms with E-state index in [1.807, 2.05) is 60.0 Å². The van der Waals surface area contributed by atoms with E-state index < -0.39 is 6.04 Å². The summed E-state index contributed by atoms with van der Waals surface area (Å²) in [4.78, 5) is 22.4. The Bertz CT molecular complexity index is 1240. The van der Waals surface area contributed by atoms with Crippen molar-refractivity contribution in [3.05, 3.63) is 77.6 Å². The van der Waals surface area contributed by atoms with Crippen molar-refractivity contribution in [2.45, 2.75) is 30.3 Å². The van der Waals surface area contributed by atoms with E-state index in [2.05, 4.69) is 10.3 Å². The Hall–Kier alpha value is -3.03. The van der Waals surface area contributed by atoms with Crippen molar-refractivity contribution in [2.75, 3.05) is 12.4 Å². The van der Waals surface area contributed by atoms with E-state index in [4.69, 9.17) is 21.3 Å². The molecule has 1 amide bonds. The molecule has 0 radical (unpaired) electrons. The van der Waals surface area contributed by atoms with Gasteiger partial charge in [-0.05, 0) is 42.3 Å². The number of nitrogens with one attached hydrogen (secondary N) is 1. The predicted octanol–water partition coefficient (Wildman–Crippen LogP) is 5.98. The van der Waals surface area contributed by atoms with Crippen molar-refractivity contribution in [2.24, 2.45) is 0 Å². The van der Waals surface area contributed by atoms with Crippen LogP contribution in [0, 0.1) is 0 Å². The van der Waals surface area contributed by atoms with Gasteiger partial charge in [0, 0.05) is 28.7 Å². The number of carbonyl (C=O) groups is 1. The SMILES string of the molecule is CC[C@@H](C(=O)Nc1cccc(OC)c1)n1c(SCc2cccc(Cl)c2)nc2ccncc21. The molecule has 0 aliphatic carbocycles. The molecular weight excluding hydrogens is 444 g/mol. The number of hydrogen-bond donors (Lipinski definition) is 1. The standard InChI is InChI=1S/C24H23ClN4O2S/c1-3-21(23(30)27-18-8-5-9-19(13-18)31-2)29-22-14-26-11-10-20(22)28-24(29)32-15-16-6-4-7-17(25)12-16/h4-14,21H,3,15H2,1-2H3,(H,27,30)/t21-/m0/s1. The van der Waals surface area contributed by atoms with Gasteiger partial charge in [0.05, 0.1) is 24.3 Å². The van der Waals surface area contributed by atoms with E-state index in [-0.39, 0.29) is 5.91 Å². The van der Waals surface area contributed by atoms with E-state index in [0.717, 1.165) is 21.8 Å². The summed E-state index contributed by atoms with van der Waals surface area (Å²) < 4.78 is 7.25. The van der Waals surface area contributed by atoms with Crippen LogP contribution in [0.2, 0.25) is 5.02 Å². The first kappa shape index (κ1) is 22.2. The highest BCUT2D eigenvalue weighted by Crippen LogP contribution is 2.32. The fraction of sp³-hybridized carbons (Fsp3) is 0.208. The molecule has 32 heavy (non-hydrogen) atoms. The minimum atomic E-state index is -0.447. The first-order chi connectivity index (χ1) is 15.6. The molecular formula is C24H23ClN4O2S. The number of pyridine rings is 1. The summed E-state index contributed by atoms with van der Waals surface area (Å²) >= 11 is 7.71. The Labute approximate surface area is 196 Å². The summed E-state index contributed by atoms with van der Waals surface area (Å²) in [5.41, 5.74) is 3.41. The minimum Gasteiger partial charge on any atom is -0.497 e. The number of carbonyl (C=O) groups excluding carboxylic acids is 1. The molecule has 0 spiro atoms. The second-order valence-corrected chi connectivity index (χ2v) is 8.57. The van der Waals surface area contributed by atoms with Crippen LogP contribution in [0.5, 0.6) is 5.75 Å². The number of benzene rings is 2. The van der Waals surface area contributed by atoms with Gasteiger partial charge in [0.2, 0.25) is 5.91 Å². The second-order valence-electron chi connectivity index (χ2n) is 7.19. The molecule has 2 aromatic carbocycles. The lowest BCUT2D eigenvalue weighted by Gasteiger charge is -2.20. The first-order valence-electron chi connectivity index (χ1n) is 10.2. The quantitative estimate of drug-likeness (QED) is 0.324. The number of aromatic nitrogens is 3. The van der Waals surface area contributed by atoms with Crippen molar-refractivity contribution in [3.8, 4) is 5.75 Å². The van der Waals surface area contributed by atoms with Crippen molar-refractivity contribution in [1.29, 1.82) is 0 Å². The van der Waals surface area contributed by atoms with Crippen LogP contribution >= 0.6 is 23.4 Å². The zero-order valence-corrected chi connectivity index (χ0v) is 19.4. The highest BCUT2D eigenvalue weighted by molar-refractivity contribution is 7.98. The topological polar surface area (TPSA) is 69.0 Å². The molecule has 0 saturated heterocycles. The summed E-state index contributed by atoms with van der Waals surface area (Å²) in [7, 11) is 1.60. The molecule has 0 bridgehead atoms. The molecule has 8 heteroatoms. The lowest BCUT2D eigenvalue weighted by atomic mass is 10.2. The Morgan fingerprint density at radius 3 is 2.84 bits per heavy atom. The average molecular weight is 467 g/mol. The van der Waals surface area contributed by atoms with Gasteiger partial charge in [-0.3, -0.25) is 9.78 Å². The molecule has 1 N–H and O–H groups in total. The predicted molar refractivity (Wildman–Crippen MR) is 129 cm³/mol. The van der Waals surface area contributed by atoms with Crippen molar-refractivity contribution < 1.29 is 9.53 Å². The van der Waals surface area contributed by atoms with Crippen LogP contribution in [-0.4, -0.2) is 27.6 Å². The smallest absolute Gasteiger partial charge is 0.247 e. The summed E-state index contributed by atoms with van der Waals surface area (Å²) in [6, 6.07) is 16.5. The number of nitrogens with zero attached hydrogens (tertiary/aromatic N) is 3. The maximum Gasteiger partial charge on any atom is 0.247 e. The van der Waals surface area contributed by atoms with E-state index in [0.29, 0.717) is 28.6 Å². The third kappa shape index (κ3) is 4.89. The monoisotopic (exact) mass is 466 g/mol. The van der Waals surface area contributed by atoms with Crippen molar-refractivity contribution >= 4 is 46.0 Å².